The van der Waals surface area contributed by atoms with Gasteiger partial charge in [-0.05, 0) is 56.2 Å². The maximum Gasteiger partial charge on any atom is 0.313 e. The maximum absolute atomic E-state index is 12.9. The molecule has 0 aliphatic carbocycles. The van der Waals surface area contributed by atoms with E-state index in [0.717, 1.165) is 30.5 Å². The fraction of sp³-hybridized carbons (Fsp3) is 0.375. The highest BCUT2D eigenvalue weighted by Crippen LogP contribution is 2.42. The van der Waals surface area contributed by atoms with Gasteiger partial charge < -0.3 is 10.2 Å². The molecule has 1 saturated heterocycles. The second kappa shape index (κ2) is 11.4. The Morgan fingerprint density at radius 3 is 2.00 bits per heavy atom. The Kier molecular flexibility index (Phi) is 8.25. The third kappa shape index (κ3) is 5.84. The van der Waals surface area contributed by atoms with Crippen LogP contribution in [0, 0.1) is 0 Å². The Balaban J connectivity index is 1.48. The van der Waals surface area contributed by atoms with Gasteiger partial charge in [-0.3, -0.25) is 14.5 Å². The van der Waals surface area contributed by atoms with Crippen molar-refractivity contribution in [3.05, 3.63) is 107 Å². The predicted molar refractivity (Wildman–Crippen MR) is 146 cm³/mol. The molecule has 0 saturated carbocycles. The molecule has 1 fully saturated rings. The van der Waals surface area contributed by atoms with E-state index in [-0.39, 0.29) is 11.7 Å². The van der Waals surface area contributed by atoms with Gasteiger partial charge in [0, 0.05) is 25.1 Å². The van der Waals surface area contributed by atoms with Crippen LogP contribution in [0.2, 0.25) is 0 Å². The minimum Gasteiger partial charge on any atom is -0.481 e. The number of hydrogen-bond donors (Lipinski definition) is 2. The maximum atomic E-state index is 12.9. The third-order valence-electron chi connectivity index (χ3n) is 7.79. The molecule has 0 amide bonds. The number of aliphatic carboxylic acids is 1. The minimum atomic E-state index is -1.03. The number of piperidine rings is 1. The fourth-order valence-electron chi connectivity index (χ4n) is 5.46. The van der Waals surface area contributed by atoms with Crippen molar-refractivity contribution in [2.45, 2.75) is 63.0 Å². The number of carboxylic acids is 1. The van der Waals surface area contributed by atoms with Gasteiger partial charge in [0.2, 0.25) is 0 Å². The van der Waals surface area contributed by atoms with E-state index < -0.39 is 17.1 Å². The number of aliphatic hydroxyl groups is 1. The van der Waals surface area contributed by atoms with Gasteiger partial charge in [-0.1, -0.05) is 84.9 Å². The summed E-state index contributed by atoms with van der Waals surface area (Å²) < 4.78 is 0. The summed E-state index contributed by atoms with van der Waals surface area (Å²) in [7, 11) is 0. The highest BCUT2D eigenvalue weighted by molar-refractivity contribution is 5.96. The molecule has 0 bridgehead atoms. The molecule has 4 rings (SSSR count). The Bertz CT molecular complexity index is 1150. The van der Waals surface area contributed by atoms with Crippen LogP contribution in [0.1, 0.15) is 78.9 Å². The number of likely N-dealkylation sites (tertiary alicyclic amines) is 1. The molecule has 3 aromatic rings. The lowest BCUT2D eigenvalue weighted by Gasteiger charge is -2.48. The first-order valence-electron chi connectivity index (χ1n) is 13.2. The monoisotopic (exact) mass is 499 g/mol. The highest BCUT2D eigenvalue weighted by Gasteiger charge is 2.44. The number of benzene rings is 3. The van der Waals surface area contributed by atoms with Crippen LogP contribution in [0.25, 0.3) is 0 Å². The van der Waals surface area contributed by atoms with Crippen molar-refractivity contribution >= 4 is 11.8 Å². The van der Waals surface area contributed by atoms with E-state index >= 15 is 0 Å². The lowest BCUT2D eigenvalue weighted by atomic mass is 9.77. The van der Waals surface area contributed by atoms with Gasteiger partial charge in [-0.25, -0.2) is 0 Å². The van der Waals surface area contributed by atoms with Gasteiger partial charge in [0.15, 0.2) is 5.78 Å². The summed E-state index contributed by atoms with van der Waals surface area (Å²) in [6.45, 7) is 4.73. The molecule has 1 aliphatic rings. The molecule has 3 aromatic carbocycles. The van der Waals surface area contributed by atoms with Crippen LogP contribution in [0.4, 0.5) is 0 Å². The Hall–Kier alpha value is -3.28. The van der Waals surface area contributed by atoms with Crippen LogP contribution in [0.3, 0.4) is 0 Å². The number of Topliss-reactive ketones (excluding diaryl/α,β-unsaturated/α-hetero) is 1. The summed E-state index contributed by atoms with van der Waals surface area (Å²) in [5, 5.41) is 21.7. The van der Waals surface area contributed by atoms with Gasteiger partial charge in [-0.15, -0.1) is 0 Å². The largest absolute Gasteiger partial charge is 0.481 e. The van der Waals surface area contributed by atoms with Crippen LogP contribution in [0.5, 0.6) is 0 Å². The number of nitrogens with zero attached hydrogens (tertiary/aromatic N) is 1. The highest BCUT2D eigenvalue weighted by atomic mass is 16.4. The number of carboxylic acid groups (broad SMARTS) is 1. The molecule has 1 aliphatic heterocycles. The second-order valence-electron chi connectivity index (χ2n) is 10.6. The van der Waals surface area contributed by atoms with Crippen molar-refractivity contribution in [1.82, 2.24) is 4.90 Å². The molecule has 1 heterocycles. The van der Waals surface area contributed by atoms with Crippen molar-refractivity contribution in [2.75, 3.05) is 13.1 Å². The smallest absolute Gasteiger partial charge is 0.313 e. The quantitative estimate of drug-likeness (QED) is 0.334. The zero-order chi connectivity index (χ0) is 26.5. The van der Waals surface area contributed by atoms with Crippen molar-refractivity contribution in [1.29, 1.82) is 0 Å². The molecular formula is C32H37NO4. The molecule has 37 heavy (non-hydrogen) atoms. The molecule has 194 valence electrons. The van der Waals surface area contributed by atoms with E-state index in [9.17, 15) is 19.8 Å². The lowest BCUT2D eigenvalue weighted by molar-refractivity contribution is -0.143. The summed E-state index contributed by atoms with van der Waals surface area (Å²) in [6.07, 6.45) is 3.67. The molecule has 2 N–H and O–H groups in total. The Labute approximate surface area is 219 Å². The van der Waals surface area contributed by atoms with Crippen LogP contribution in [0.15, 0.2) is 84.9 Å². The second-order valence-corrected chi connectivity index (χ2v) is 10.6. The zero-order valence-electron chi connectivity index (χ0n) is 21.8. The first-order chi connectivity index (χ1) is 17.7. The fourth-order valence-corrected chi connectivity index (χ4v) is 5.46. The summed E-state index contributed by atoms with van der Waals surface area (Å²) in [5.74, 6) is -1.05. The van der Waals surface area contributed by atoms with Crippen LogP contribution in [-0.2, 0) is 10.2 Å². The molecule has 0 radical (unpaired) electrons. The molecule has 5 nitrogen and oxygen atoms in total. The lowest BCUT2D eigenvalue weighted by Crippen LogP contribution is -2.56. The van der Waals surface area contributed by atoms with E-state index in [4.69, 9.17) is 0 Å². The number of ketones is 1. The Morgan fingerprint density at radius 2 is 1.46 bits per heavy atom. The van der Waals surface area contributed by atoms with E-state index in [2.05, 4.69) is 29.2 Å². The predicted octanol–water partition coefficient (Wildman–Crippen LogP) is 6.02. The molecule has 5 heteroatoms. The van der Waals surface area contributed by atoms with E-state index in [0.29, 0.717) is 36.9 Å². The molecule has 0 aromatic heterocycles. The minimum absolute atomic E-state index is 0.0305. The van der Waals surface area contributed by atoms with Crippen LogP contribution < -0.4 is 0 Å². The summed E-state index contributed by atoms with van der Waals surface area (Å²) in [5.41, 5.74) is 1.39. The van der Waals surface area contributed by atoms with Gasteiger partial charge in [0.1, 0.15) is 5.72 Å². The standard InChI is InChI=1S/C32H37NO4/c1-31(2,30(35)36)27-19-17-24(18-20-27)28(34)16-11-23-33-22-10-9-21-32(33,37)29(25-12-5-3-6-13-25)26-14-7-4-8-15-26/h3-8,12-15,17-20,29,37H,9-11,16,21-23H2,1-2H3,(H,35,36). The topological polar surface area (TPSA) is 77.8 Å². The van der Waals surface area contributed by atoms with Gasteiger partial charge in [-0.2, -0.15) is 0 Å². The van der Waals surface area contributed by atoms with Crippen LogP contribution in [-0.4, -0.2) is 45.7 Å². The van der Waals surface area contributed by atoms with Gasteiger partial charge in [0.25, 0.3) is 0 Å². The summed E-state index contributed by atoms with van der Waals surface area (Å²) >= 11 is 0. The van der Waals surface area contributed by atoms with E-state index in [1.54, 1.807) is 38.1 Å². The summed E-state index contributed by atoms with van der Waals surface area (Å²) in [4.78, 5) is 26.6. The number of carbonyl (C=O) groups is 2. The van der Waals surface area contributed by atoms with E-state index in [1.807, 2.05) is 36.4 Å². The number of rotatable bonds is 10. The van der Waals surface area contributed by atoms with Crippen LogP contribution >= 0.6 is 0 Å². The first kappa shape index (κ1) is 26.8. The van der Waals surface area contributed by atoms with Crippen molar-refractivity contribution in [2.24, 2.45) is 0 Å². The van der Waals surface area contributed by atoms with Crippen molar-refractivity contribution in [3.63, 3.8) is 0 Å². The van der Waals surface area contributed by atoms with Crippen molar-refractivity contribution in [3.8, 4) is 0 Å². The first-order valence-corrected chi connectivity index (χ1v) is 13.2. The van der Waals surface area contributed by atoms with Gasteiger partial charge in [0.05, 0.1) is 11.3 Å². The number of carbonyl (C=O) groups excluding carboxylic acids is 1. The molecular weight excluding hydrogens is 462 g/mol. The SMILES string of the molecule is CC(C)(C(=O)O)c1ccc(C(=O)CCCN2CCCCC2(O)C(c2ccccc2)c2ccccc2)cc1. The Morgan fingerprint density at radius 1 is 0.892 bits per heavy atom. The average Bonchev–Trinajstić information content (AvgIpc) is 2.91. The summed E-state index contributed by atoms with van der Waals surface area (Å²) in [6, 6.07) is 27.3. The molecule has 1 unspecified atom stereocenters. The molecule has 1 atom stereocenters. The van der Waals surface area contributed by atoms with Crippen molar-refractivity contribution < 1.29 is 19.8 Å². The number of hydrogen-bond acceptors (Lipinski definition) is 4. The zero-order valence-corrected chi connectivity index (χ0v) is 21.8. The van der Waals surface area contributed by atoms with E-state index in [1.165, 1.54) is 0 Å². The normalized spacial score (nSPS) is 18.6. The molecule has 0 spiro atoms. The van der Waals surface area contributed by atoms with Gasteiger partial charge >= 0.3 is 5.97 Å². The third-order valence-corrected chi connectivity index (χ3v) is 7.79. The average molecular weight is 500 g/mol.